The van der Waals surface area contributed by atoms with Crippen LogP contribution in [0.3, 0.4) is 0 Å². The zero-order valence-corrected chi connectivity index (χ0v) is 8.05. The minimum atomic E-state index is -0.736. The molecule has 0 aromatic rings. The molecule has 1 atom stereocenters. The molecule has 0 amide bonds. The molecular formula is C10H17NO2. The number of carboxylic acid groups (broad SMARTS) is 1. The van der Waals surface area contributed by atoms with E-state index in [1.807, 2.05) is 6.92 Å². The summed E-state index contributed by atoms with van der Waals surface area (Å²) < 4.78 is 0. The lowest BCUT2D eigenvalue weighted by atomic mass is 9.72. The van der Waals surface area contributed by atoms with Crippen LogP contribution in [-0.4, -0.2) is 17.6 Å². The zero-order valence-electron chi connectivity index (χ0n) is 8.05. The second-order valence-electron chi connectivity index (χ2n) is 4.04. The molecule has 3 nitrogen and oxygen atoms in total. The van der Waals surface area contributed by atoms with Gasteiger partial charge in [0.1, 0.15) is 0 Å². The van der Waals surface area contributed by atoms with E-state index < -0.39 is 5.97 Å². The van der Waals surface area contributed by atoms with Crippen LogP contribution in [0, 0.1) is 5.41 Å². The summed E-state index contributed by atoms with van der Waals surface area (Å²) in [5.74, 6) is -0.736. The van der Waals surface area contributed by atoms with Crippen molar-refractivity contribution >= 4 is 5.97 Å². The fraction of sp³-hybridized carbons (Fsp3) is 0.700. The quantitative estimate of drug-likeness (QED) is 0.652. The first-order valence-corrected chi connectivity index (χ1v) is 4.65. The molecule has 3 heteroatoms. The second kappa shape index (κ2) is 3.92. The predicted octanol–water partition coefficient (Wildman–Crippen LogP) is 1.54. The Bertz CT molecular complexity index is 235. The standard InChI is InChI=1S/C10H17NO2/c1-8-3-2-4-10(5-8,7-11)6-9(12)13/h3H,2,4-7,11H2,1H3,(H,12,13)/t10-/m0/s1. The lowest BCUT2D eigenvalue weighted by molar-refractivity contribution is -0.139. The molecule has 0 unspecified atom stereocenters. The van der Waals surface area contributed by atoms with Gasteiger partial charge in [-0.25, -0.2) is 0 Å². The van der Waals surface area contributed by atoms with E-state index in [2.05, 4.69) is 6.08 Å². The minimum Gasteiger partial charge on any atom is -0.481 e. The zero-order chi connectivity index (χ0) is 9.90. The van der Waals surface area contributed by atoms with E-state index in [-0.39, 0.29) is 11.8 Å². The number of hydrogen-bond donors (Lipinski definition) is 2. The Morgan fingerprint density at radius 1 is 1.77 bits per heavy atom. The summed E-state index contributed by atoms with van der Waals surface area (Å²) in [5.41, 5.74) is 6.76. The van der Waals surface area contributed by atoms with Gasteiger partial charge in [0.05, 0.1) is 6.42 Å². The van der Waals surface area contributed by atoms with Crippen molar-refractivity contribution in [2.24, 2.45) is 11.1 Å². The number of hydrogen-bond acceptors (Lipinski definition) is 2. The van der Waals surface area contributed by atoms with Gasteiger partial charge in [0.15, 0.2) is 0 Å². The maximum Gasteiger partial charge on any atom is 0.303 e. The van der Waals surface area contributed by atoms with Gasteiger partial charge in [-0.3, -0.25) is 4.79 Å². The fourth-order valence-electron chi connectivity index (χ4n) is 2.09. The highest BCUT2D eigenvalue weighted by molar-refractivity contribution is 5.67. The molecule has 1 aliphatic carbocycles. The van der Waals surface area contributed by atoms with Crippen LogP contribution in [0.15, 0.2) is 11.6 Å². The molecule has 0 heterocycles. The fourth-order valence-corrected chi connectivity index (χ4v) is 2.09. The Balaban J connectivity index is 2.70. The summed E-state index contributed by atoms with van der Waals surface area (Å²) in [6.45, 7) is 2.52. The van der Waals surface area contributed by atoms with Gasteiger partial charge in [0, 0.05) is 0 Å². The van der Waals surface area contributed by atoms with Crippen LogP contribution in [0.4, 0.5) is 0 Å². The van der Waals surface area contributed by atoms with Gasteiger partial charge in [-0.05, 0) is 38.1 Å². The van der Waals surface area contributed by atoms with E-state index in [4.69, 9.17) is 10.8 Å². The molecule has 74 valence electrons. The van der Waals surface area contributed by atoms with E-state index in [9.17, 15) is 4.79 Å². The average molecular weight is 183 g/mol. The Labute approximate surface area is 78.6 Å². The Morgan fingerprint density at radius 3 is 2.92 bits per heavy atom. The minimum absolute atomic E-state index is 0.176. The first-order chi connectivity index (χ1) is 6.08. The van der Waals surface area contributed by atoms with Crippen molar-refractivity contribution in [1.29, 1.82) is 0 Å². The van der Waals surface area contributed by atoms with Crippen LogP contribution < -0.4 is 5.73 Å². The third-order valence-electron chi connectivity index (χ3n) is 2.78. The highest BCUT2D eigenvalue weighted by atomic mass is 16.4. The summed E-state index contributed by atoms with van der Waals surface area (Å²) in [4.78, 5) is 10.7. The third kappa shape index (κ3) is 2.56. The first kappa shape index (κ1) is 10.3. The molecule has 0 saturated heterocycles. The topological polar surface area (TPSA) is 63.3 Å². The van der Waals surface area contributed by atoms with E-state index in [0.717, 1.165) is 19.3 Å². The Hall–Kier alpha value is -0.830. The number of nitrogens with two attached hydrogens (primary N) is 1. The lowest BCUT2D eigenvalue weighted by Gasteiger charge is -2.34. The van der Waals surface area contributed by atoms with Crippen molar-refractivity contribution < 1.29 is 9.90 Å². The maximum absolute atomic E-state index is 10.7. The van der Waals surface area contributed by atoms with Crippen molar-refractivity contribution in [2.75, 3.05) is 6.54 Å². The normalized spacial score (nSPS) is 28.3. The van der Waals surface area contributed by atoms with E-state index in [0.29, 0.717) is 6.54 Å². The summed E-state index contributed by atoms with van der Waals surface area (Å²) in [7, 11) is 0. The highest BCUT2D eigenvalue weighted by Crippen LogP contribution is 2.38. The molecule has 0 bridgehead atoms. The summed E-state index contributed by atoms with van der Waals surface area (Å²) in [6.07, 6.45) is 5.10. The molecule has 3 N–H and O–H groups in total. The number of rotatable bonds is 3. The van der Waals surface area contributed by atoms with Crippen molar-refractivity contribution in [2.45, 2.75) is 32.6 Å². The molecule has 0 saturated carbocycles. The molecule has 1 aliphatic rings. The largest absolute Gasteiger partial charge is 0.481 e. The third-order valence-corrected chi connectivity index (χ3v) is 2.78. The van der Waals surface area contributed by atoms with Crippen LogP contribution in [0.2, 0.25) is 0 Å². The lowest BCUT2D eigenvalue weighted by Crippen LogP contribution is -2.34. The number of aliphatic carboxylic acids is 1. The summed E-state index contributed by atoms with van der Waals surface area (Å²) in [5, 5.41) is 8.77. The molecule has 0 aromatic carbocycles. The van der Waals surface area contributed by atoms with Crippen LogP contribution in [0.25, 0.3) is 0 Å². The van der Waals surface area contributed by atoms with Crippen LogP contribution in [0.5, 0.6) is 0 Å². The van der Waals surface area contributed by atoms with Crippen molar-refractivity contribution in [3.63, 3.8) is 0 Å². The van der Waals surface area contributed by atoms with Gasteiger partial charge < -0.3 is 10.8 Å². The van der Waals surface area contributed by atoms with Gasteiger partial charge >= 0.3 is 5.97 Å². The van der Waals surface area contributed by atoms with Crippen LogP contribution >= 0.6 is 0 Å². The summed E-state index contributed by atoms with van der Waals surface area (Å²) in [6, 6.07) is 0. The van der Waals surface area contributed by atoms with Crippen LogP contribution in [-0.2, 0) is 4.79 Å². The van der Waals surface area contributed by atoms with Crippen molar-refractivity contribution in [1.82, 2.24) is 0 Å². The van der Waals surface area contributed by atoms with Gasteiger partial charge in [-0.1, -0.05) is 11.6 Å². The van der Waals surface area contributed by atoms with Gasteiger partial charge in [-0.2, -0.15) is 0 Å². The Morgan fingerprint density at radius 2 is 2.46 bits per heavy atom. The molecule has 0 radical (unpaired) electrons. The van der Waals surface area contributed by atoms with Gasteiger partial charge in [0.25, 0.3) is 0 Å². The molecule has 1 rings (SSSR count). The molecular weight excluding hydrogens is 166 g/mol. The number of carbonyl (C=O) groups is 1. The maximum atomic E-state index is 10.7. The second-order valence-corrected chi connectivity index (χ2v) is 4.04. The molecule has 0 spiro atoms. The van der Waals surface area contributed by atoms with Crippen molar-refractivity contribution in [3.05, 3.63) is 11.6 Å². The van der Waals surface area contributed by atoms with Crippen LogP contribution in [0.1, 0.15) is 32.6 Å². The number of carboxylic acids is 1. The molecule has 0 aromatic heterocycles. The number of allylic oxidation sites excluding steroid dienone is 2. The SMILES string of the molecule is CC1=CCC[C@@](CN)(CC(=O)O)C1. The van der Waals surface area contributed by atoms with E-state index in [1.54, 1.807) is 0 Å². The van der Waals surface area contributed by atoms with Crippen molar-refractivity contribution in [3.8, 4) is 0 Å². The smallest absolute Gasteiger partial charge is 0.303 e. The van der Waals surface area contributed by atoms with Gasteiger partial charge in [0.2, 0.25) is 0 Å². The first-order valence-electron chi connectivity index (χ1n) is 4.65. The Kier molecular flexibility index (Phi) is 3.09. The average Bonchev–Trinajstić information content (AvgIpc) is 2.03. The van der Waals surface area contributed by atoms with E-state index in [1.165, 1.54) is 5.57 Å². The predicted molar refractivity (Wildman–Crippen MR) is 51.3 cm³/mol. The molecule has 0 fully saturated rings. The highest BCUT2D eigenvalue weighted by Gasteiger charge is 2.32. The van der Waals surface area contributed by atoms with E-state index >= 15 is 0 Å². The summed E-state index contributed by atoms with van der Waals surface area (Å²) >= 11 is 0. The molecule has 0 aliphatic heterocycles. The molecule has 13 heavy (non-hydrogen) atoms. The van der Waals surface area contributed by atoms with Gasteiger partial charge in [-0.15, -0.1) is 0 Å². The monoisotopic (exact) mass is 183 g/mol.